The van der Waals surface area contributed by atoms with Gasteiger partial charge in [0.25, 0.3) is 5.91 Å². The highest BCUT2D eigenvalue weighted by atomic mass is 35.5. The van der Waals surface area contributed by atoms with Gasteiger partial charge in [-0.3, -0.25) is 9.48 Å². The Labute approximate surface area is 173 Å². The van der Waals surface area contributed by atoms with Crippen molar-refractivity contribution in [2.24, 2.45) is 0 Å². The normalized spacial score (nSPS) is 16.5. The number of nitrogens with zero attached hydrogens (tertiary/aromatic N) is 3. The van der Waals surface area contributed by atoms with Crippen molar-refractivity contribution in [1.82, 2.24) is 20.0 Å². The molecular weight excluding hydrogens is 403 g/mol. The number of aromatic nitrogens is 2. The minimum absolute atomic E-state index is 0. The van der Waals surface area contributed by atoms with E-state index in [2.05, 4.69) is 10.4 Å². The summed E-state index contributed by atoms with van der Waals surface area (Å²) in [7, 11) is 1.90. The second kappa shape index (κ2) is 8.19. The molecule has 1 fully saturated rings. The Morgan fingerprint density at radius 1 is 1.41 bits per heavy atom. The molecule has 3 aromatic rings. The van der Waals surface area contributed by atoms with Gasteiger partial charge in [0.1, 0.15) is 4.83 Å². The lowest BCUT2D eigenvalue weighted by Gasteiger charge is -2.22. The van der Waals surface area contributed by atoms with Crippen molar-refractivity contribution in [2.75, 3.05) is 20.1 Å². The molecule has 8 heteroatoms. The van der Waals surface area contributed by atoms with E-state index in [-0.39, 0.29) is 24.4 Å². The van der Waals surface area contributed by atoms with E-state index in [0.29, 0.717) is 6.54 Å². The number of amides is 1. The predicted molar refractivity (Wildman–Crippen MR) is 114 cm³/mol. The molecule has 27 heavy (non-hydrogen) atoms. The van der Waals surface area contributed by atoms with E-state index < -0.39 is 0 Å². The average molecular weight is 425 g/mol. The molecule has 1 N–H and O–H groups in total. The smallest absolute Gasteiger partial charge is 0.264 e. The summed E-state index contributed by atoms with van der Waals surface area (Å²) >= 11 is 7.49. The number of aryl methyl sites for hydroxylation is 1. The number of benzene rings is 1. The van der Waals surface area contributed by atoms with Gasteiger partial charge >= 0.3 is 0 Å². The van der Waals surface area contributed by atoms with Gasteiger partial charge in [-0.2, -0.15) is 5.10 Å². The van der Waals surface area contributed by atoms with Gasteiger partial charge in [0.2, 0.25) is 0 Å². The van der Waals surface area contributed by atoms with Gasteiger partial charge in [0.15, 0.2) is 0 Å². The van der Waals surface area contributed by atoms with Crippen molar-refractivity contribution in [1.29, 1.82) is 0 Å². The Morgan fingerprint density at radius 2 is 2.15 bits per heavy atom. The van der Waals surface area contributed by atoms with Crippen LogP contribution in [0.5, 0.6) is 0 Å². The Balaban J connectivity index is 0.00000210. The third-order valence-electron chi connectivity index (χ3n) is 4.97. The monoisotopic (exact) mass is 424 g/mol. The zero-order valence-electron chi connectivity index (χ0n) is 15.2. The third kappa shape index (κ3) is 3.99. The minimum atomic E-state index is 0. The Kier molecular flexibility index (Phi) is 6.11. The van der Waals surface area contributed by atoms with Gasteiger partial charge in [-0.25, -0.2) is 0 Å². The fourth-order valence-corrected chi connectivity index (χ4v) is 4.67. The van der Waals surface area contributed by atoms with Gasteiger partial charge in [-0.05, 0) is 43.7 Å². The van der Waals surface area contributed by atoms with E-state index in [1.54, 1.807) is 0 Å². The van der Waals surface area contributed by atoms with Gasteiger partial charge < -0.3 is 10.2 Å². The molecule has 144 valence electrons. The topological polar surface area (TPSA) is 50.2 Å². The van der Waals surface area contributed by atoms with Gasteiger partial charge in [0, 0.05) is 30.0 Å². The highest BCUT2D eigenvalue weighted by molar-refractivity contribution is 7.20. The van der Waals surface area contributed by atoms with Crippen molar-refractivity contribution in [3.05, 3.63) is 51.5 Å². The molecule has 1 unspecified atom stereocenters. The van der Waals surface area contributed by atoms with Crippen LogP contribution in [0.15, 0.2) is 30.3 Å². The number of carbonyl (C=O) groups excluding carboxylic acids is 1. The standard InChI is InChI=1S/C19H21ClN4OS.ClH/c1-12-16-9-17(18(25)23(2)15-7-8-21-10-15)26-19(16)24(22-12)11-13-3-5-14(20)6-4-13;/h3-6,9,15,21H,7-8,10-11H2,1-2H3;1H. The molecule has 1 aliphatic rings. The first-order chi connectivity index (χ1) is 12.5. The highest BCUT2D eigenvalue weighted by Crippen LogP contribution is 2.30. The summed E-state index contributed by atoms with van der Waals surface area (Å²) in [4.78, 5) is 16.6. The second-order valence-electron chi connectivity index (χ2n) is 6.76. The van der Waals surface area contributed by atoms with Crippen LogP contribution in [0.3, 0.4) is 0 Å². The fourth-order valence-electron chi connectivity index (χ4n) is 3.40. The average Bonchev–Trinajstić information content (AvgIpc) is 3.35. The van der Waals surface area contributed by atoms with E-state index in [1.807, 2.05) is 53.9 Å². The van der Waals surface area contributed by atoms with Crippen LogP contribution in [0.4, 0.5) is 0 Å². The quantitative estimate of drug-likeness (QED) is 0.689. The van der Waals surface area contributed by atoms with Crippen LogP contribution in [0, 0.1) is 6.92 Å². The maximum atomic E-state index is 12.9. The molecule has 0 spiro atoms. The van der Waals surface area contributed by atoms with Crippen molar-refractivity contribution in [3.63, 3.8) is 0 Å². The van der Waals surface area contributed by atoms with Crippen molar-refractivity contribution >= 4 is 51.5 Å². The van der Waals surface area contributed by atoms with Gasteiger partial charge in [-0.1, -0.05) is 23.7 Å². The zero-order valence-corrected chi connectivity index (χ0v) is 17.6. The molecule has 3 heterocycles. The number of likely N-dealkylation sites (N-methyl/N-ethyl adjacent to an activating group) is 1. The SMILES string of the molecule is Cc1nn(Cc2ccc(Cl)cc2)c2sc(C(=O)N(C)C3CCNC3)cc12.Cl. The molecule has 0 aliphatic carbocycles. The molecule has 1 atom stereocenters. The summed E-state index contributed by atoms with van der Waals surface area (Å²) in [5.41, 5.74) is 2.09. The third-order valence-corrected chi connectivity index (χ3v) is 6.35. The zero-order chi connectivity index (χ0) is 18.3. The largest absolute Gasteiger partial charge is 0.337 e. The predicted octanol–water partition coefficient (Wildman–Crippen LogP) is 3.96. The molecule has 2 aromatic heterocycles. The number of nitrogens with one attached hydrogen (secondary N) is 1. The molecule has 5 nitrogen and oxygen atoms in total. The number of carbonyl (C=O) groups is 1. The number of hydrogen-bond donors (Lipinski definition) is 1. The summed E-state index contributed by atoms with van der Waals surface area (Å²) < 4.78 is 1.98. The van der Waals surface area contributed by atoms with Crippen LogP contribution >= 0.6 is 35.3 Å². The van der Waals surface area contributed by atoms with Crippen molar-refractivity contribution < 1.29 is 4.79 Å². The van der Waals surface area contributed by atoms with E-state index in [0.717, 1.165) is 50.9 Å². The van der Waals surface area contributed by atoms with Crippen LogP contribution < -0.4 is 5.32 Å². The summed E-state index contributed by atoms with van der Waals surface area (Å²) in [5, 5.41) is 9.75. The number of hydrogen-bond acceptors (Lipinski definition) is 4. The lowest BCUT2D eigenvalue weighted by molar-refractivity contribution is 0.0749. The number of halogens is 2. The van der Waals surface area contributed by atoms with Crippen LogP contribution in [0.2, 0.25) is 5.02 Å². The minimum Gasteiger partial charge on any atom is -0.337 e. The first-order valence-electron chi connectivity index (χ1n) is 8.72. The van der Waals surface area contributed by atoms with Crippen LogP contribution in [0.25, 0.3) is 10.2 Å². The van der Waals surface area contributed by atoms with E-state index in [1.165, 1.54) is 11.3 Å². The summed E-state index contributed by atoms with van der Waals surface area (Å²) in [5.74, 6) is 0.0948. The van der Waals surface area contributed by atoms with E-state index in [9.17, 15) is 4.79 Å². The lowest BCUT2D eigenvalue weighted by atomic mass is 10.2. The van der Waals surface area contributed by atoms with E-state index >= 15 is 0 Å². The molecule has 0 saturated carbocycles. The molecule has 1 aliphatic heterocycles. The first kappa shape index (κ1) is 20.1. The second-order valence-corrected chi connectivity index (χ2v) is 8.23. The molecule has 1 amide bonds. The molecule has 0 bridgehead atoms. The molecule has 1 aromatic carbocycles. The number of fused-ring (bicyclic) bond motifs is 1. The molecular formula is C19H22Cl2N4OS. The Hall–Kier alpha value is -1.60. The molecule has 0 radical (unpaired) electrons. The Morgan fingerprint density at radius 3 is 2.81 bits per heavy atom. The summed E-state index contributed by atoms with van der Waals surface area (Å²) in [6, 6.07) is 10.1. The highest BCUT2D eigenvalue weighted by Gasteiger charge is 2.26. The van der Waals surface area contributed by atoms with Gasteiger partial charge in [0.05, 0.1) is 17.1 Å². The maximum Gasteiger partial charge on any atom is 0.264 e. The first-order valence-corrected chi connectivity index (χ1v) is 9.91. The van der Waals surface area contributed by atoms with Gasteiger partial charge in [-0.15, -0.1) is 23.7 Å². The molecule has 4 rings (SSSR count). The van der Waals surface area contributed by atoms with Crippen LogP contribution in [-0.2, 0) is 6.54 Å². The summed E-state index contributed by atoms with van der Waals surface area (Å²) in [6.07, 6.45) is 1.01. The maximum absolute atomic E-state index is 12.9. The van der Waals surface area contributed by atoms with Crippen LogP contribution in [-0.4, -0.2) is 46.8 Å². The Bertz CT molecular complexity index is 945. The number of thiophene rings is 1. The van der Waals surface area contributed by atoms with Crippen LogP contribution in [0.1, 0.15) is 27.3 Å². The summed E-state index contributed by atoms with van der Waals surface area (Å²) in [6.45, 7) is 4.50. The fraction of sp³-hybridized carbons (Fsp3) is 0.368. The van der Waals surface area contributed by atoms with Crippen molar-refractivity contribution in [2.45, 2.75) is 25.9 Å². The molecule has 1 saturated heterocycles. The van der Waals surface area contributed by atoms with Crippen molar-refractivity contribution in [3.8, 4) is 0 Å². The lowest BCUT2D eigenvalue weighted by Crippen LogP contribution is -2.37. The number of rotatable bonds is 4. The van der Waals surface area contributed by atoms with E-state index in [4.69, 9.17) is 11.6 Å².